The molecule has 0 bridgehead atoms. The Morgan fingerprint density at radius 1 is 1.36 bits per heavy atom. The van der Waals surface area contributed by atoms with Gasteiger partial charge in [0.1, 0.15) is 5.40 Å². The highest BCUT2D eigenvalue weighted by molar-refractivity contribution is 7.44. The topological polar surface area (TPSA) is 71.4 Å². The first kappa shape index (κ1) is 10.7. The van der Waals surface area contributed by atoms with Gasteiger partial charge in [-0.1, -0.05) is 0 Å². The third-order valence-corrected chi connectivity index (χ3v) is 2.67. The van der Waals surface area contributed by atoms with Crippen LogP contribution < -0.4 is 0 Å². The van der Waals surface area contributed by atoms with Crippen LogP contribution in [0.2, 0.25) is 0 Å². The Morgan fingerprint density at radius 2 is 1.91 bits per heavy atom. The fourth-order valence-electron chi connectivity index (χ4n) is 0.561. The van der Waals surface area contributed by atoms with Gasteiger partial charge in [-0.2, -0.15) is 0 Å². The van der Waals surface area contributed by atoms with Crippen LogP contribution in [0, 0.1) is 0 Å². The number of rotatable bonds is 6. The van der Waals surface area contributed by atoms with Gasteiger partial charge in [-0.15, -0.1) is 0 Å². The zero-order valence-electron chi connectivity index (χ0n) is 5.77. The third-order valence-electron chi connectivity index (χ3n) is 1.10. The van der Waals surface area contributed by atoms with Crippen LogP contribution in [-0.2, 0) is 13.9 Å². The summed E-state index contributed by atoms with van der Waals surface area (Å²) in [6.45, 7) is 0. The van der Waals surface area contributed by atoms with Gasteiger partial charge in [-0.25, -0.2) is 0 Å². The molecule has 0 heterocycles. The molecule has 0 spiro atoms. The lowest BCUT2D eigenvalue weighted by Crippen LogP contribution is -1.96. The van der Waals surface area contributed by atoms with E-state index in [4.69, 9.17) is 5.11 Å². The summed E-state index contributed by atoms with van der Waals surface area (Å²) in [5.74, 6) is -0.881. The van der Waals surface area contributed by atoms with Gasteiger partial charge in [-0.3, -0.25) is 13.9 Å². The number of hydrogen-bond acceptors (Lipinski definition) is 3. The smallest absolute Gasteiger partial charge is 0.303 e. The minimum Gasteiger partial charge on any atom is -0.481 e. The summed E-state index contributed by atoms with van der Waals surface area (Å²) < 4.78 is 20.3. The number of hydrogen-bond donors (Lipinski definition) is 1. The molecule has 6 heteroatoms. The Balaban J connectivity index is 3.43. The average Bonchev–Trinajstić information content (AvgIpc) is 1.98. The van der Waals surface area contributed by atoms with E-state index in [-0.39, 0.29) is 23.3 Å². The van der Waals surface area contributed by atoms with Crippen LogP contribution in [0.15, 0.2) is 0 Å². The lowest BCUT2D eigenvalue weighted by molar-refractivity contribution is -0.137. The standard InChI is InChI=1S/C5H8O4P2/c6-4(7)2-1-3-5(10-8)11-9/h5H,1-3H2,(H,6,7). The number of carboxylic acids is 1. The van der Waals surface area contributed by atoms with Crippen LogP contribution in [0.1, 0.15) is 19.3 Å². The van der Waals surface area contributed by atoms with E-state index >= 15 is 0 Å². The molecular weight excluding hydrogens is 186 g/mol. The highest BCUT2D eigenvalue weighted by Gasteiger charge is 2.08. The lowest BCUT2D eigenvalue weighted by atomic mass is 10.2. The summed E-state index contributed by atoms with van der Waals surface area (Å²) in [5.41, 5.74) is 0. The molecule has 0 aromatic heterocycles. The molecule has 0 unspecified atom stereocenters. The first-order valence-corrected chi connectivity index (χ1v) is 4.83. The van der Waals surface area contributed by atoms with Crippen LogP contribution in [0.5, 0.6) is 0 Å². The van der Waals surface area contributed by atoms with Gasteiger partial charge < -0.3 is 5.11 Å². The quantitative estimate of drug-likeness (QED) is 0.657. The Labute approximate surface area is 67.4 Å². The van der Waals surface area contributed by atoms with Gasteiger partial charge >= 0.3 is 5.97 Å². The fraction of sp³-hybridized carbons (Fsp3) is 0.800. The average molecular weight is 194 g/mol. The zero-order chi connectivity index (χ0) is 8.69. The molecule has 0 aliphatic carbocycles. The maximum Gasteiger partial charge on any atom is 0.303 e. The molecule has 0 aliphatic rings. The summed E-state index contributed by atoms with van der Waals surface area (Å²) >= 11 is 0. The maximum atomic E-state index is 10.2. The molecule has 0 rings (SSSR count). The van der Waals surface area contributed by atoms with E-state index in [0.29, 0.717) is 12.8 Å². The third kappa shape index (κ3) is 6.08. The largest absolute Gasteiger partial charge is 0.481 e. The molecule has 4 nitrogen and oxygen atoms in total. The molecule has 0 saturated heterocycles. The van der Waals surface area contributed by atoms with Crippen molar-refractivity contribution in [2.24, 2.45) is 0 Å². The summed E-state index contributed by atoms with van der Waals surface area (Å²) in [5, 5.41) is 7.78. The minimum atomic E-state index is -0.881. The Morgan fingerprint density at radius 3 is 2.27 bits per heavy atom. The monoisotopic (exact) mass is 194 g/mol. The number of aliphatic carboxylic acids is 1. The predicted octanol–water partition coefficient (Wildman–Crippen LogP) is 2.15. The second kappa shape index (κ2) is 6.38. The molecule has 0 amide bonds. The van der Waals surface area contributed by atoms with Crippen LogP contribution in [-0.4, -0.2) is 16.5 Å². The fourth-order valence-corrected chi connectivity index (χ4v) is 1.29. The van der Waals surface area contributed by atoms with Crippen LogP contribution in [0.3, 0.4) is 0 Å². The van der Waals surface area contributed by atoms with E-state index in [0.717, 1.165) is 0 Å². The molecular formula is C5H8O4P2. The predicted molar refractivity (Wildman–Crippen MR) is 40.5 cm³/mol. The highest BCUT2D eigenvalue weighted by Crippen LogP contribution is 2.24. The normalized spacial score (nSPS) is 13.5. The van der Waals surface area contributed by atoms with Crippen molar-refractivity contribution in [1.29, 1.82) is 0 Å². The van der Waals surface area contributed by atoms with Gasteiger partial charge in [0.05, 0.1) is 0 Å². The van der Waals surface area contributed by atoms with Crippen molar-refractivity contribution in [2.45, 2.75) is 24.7 Å². The maximum absolute atomic E-state index is 10.2. The second-order valence-corrected chi connectivity index (χ2v) is 4.05. The van der Waals surface area contributed by atoms with Crippen molar-refractivity contribution in [1.82, 2.24) is 0 Å². The molecule has 0 atom stereocenters. The van der Waals surface area contributed by atoms with Crippen molar-refractivity contribution < 1.29 is 19.0 Å². The van der Waals surface area contributed by atoms with Crippen LogP contribution in [0.4, 0.5) is 0 Å². The highest BCUT2D eigenvalue weighted by atomic mass is 31.1. The van der Waals surface area contributed by atoms with Crippen molar-refractivity contribution in [3.8, 4) is 0 Å². The molecule has 0 aromatic rings. The molecule has 0 radical (unpaired) electrons. The van der Waals surface area contributed by atoms with Gasteiger partial charge in [0.15, 0.2) is 16.9 Å². The Hall–Kier alpha value is -0.330. The lowest BCUT2D eigenvalue weighted by Gasteiger charge is -1.95. The first-order valence-electron chi connectivity index (χ1n) is 3.07. The van der Waals surface area contributed by atoms with E-state index in [2.05, 4.69) is 0 Å². The van der Waals surface area contributed by atoms with Crippen molar-refractivity contribution in [3.63, 3.8) is 0 Å². The first-order chi connectivity index (χ1) is 5.20. The Kier molecular flexibility index (Phi) is 6.19. The van der Waals surface area contributed by atoms with Gasteiger partial charge in [0.25, 0.3) is 0 Å². The zero-order valence-corrected chi connectivity index (χ0v) is 7.55. The van der Waals surface area contributed by atoms with E-state index in [9.17, 15) is 13.9 Å². The molecule has 0 saturated carbocycles. The van der Waals surface area contributed by atoms with E-state index in [1.807, 2.05) is 0 Å². The molecule has 11 heavy (non-hydrogen) atoms. The van der Waals surface area contributed by atoms with Crippen molar-refractivity contribution in [3.05, 3.63) is 0 Å². The van der Waals surface area contributed by atoms with Crippen molar-refractivity contribution >= 4 is 22.9 Å². The molecule has 0 aliphatic heterocycles. The molecule has 62 valence electrons. The Bertz CT molecular complexity index is 151. The number of carbonyl (C=O) groups is 1. The molecule has 1 N–H and O–H groups in total. The molecule has 0 fully saturated rings. The van der Waals surface area contributed by atoms with Crippen LogP contribution in [0.25, 0.3) is 0 Å². The molecule has 0 aromatic carbocycles. The van der Waals surface area contributed by atoms with E-state index in [1.54, 1.807) is 0 Å². The summed E-state index contributed by atoms with van der Waals surface area (Å²) in [4.78, 5) is 10.00. The number of carboxylic acid groups (broad SMARTS) is 1. The van der Waals surface area contributed by atoms with Crippen molar-refractivity contribution in [2.75, 3.05) is 0 Å². The SMILES string of the molecule is O=PC(CCCC(=O)O)P=O. The minimum absolute atomic E-state index is 0.0432. The van der Waals surface area contributed by atoms with E-state index < -0.39 is 11.4 Å². The van der Waals surface area contributed by atoms with Gasteiger partial charge in [0, 0.05) is 6.42 Å². The van der Waals surface area contributed by atoms with Gasteiger partial charge in [-0.05, 0) is 12.8 Å². The van der Waals surface area contributed by atoms with Gasteiger partial charge in [0.2, 0.25) is 0 Å². The summed E-state index contributed by atoms with van der Waals surface area (Å²) in [6, 6.07) is 0. The summed E-state index contributed by atoms with van der Waals surface area (Å²) in [6.07, 6.45) is 0.883. The van der Waals surface area contributed by atoms with E-state index in [1.165, 1.54) is 0 Å². The van der Waals surface area contributed by atoms with Crippen LogP contribution >= 0.6 is 16.9 Å². The summed E-state index contributed by atoms with van der Waals surface area (Å²) in [7, 11) is -0.362. The second-order valence-electron chi connectivity index (χ2n) is 1.98.